The molecule has 0 spiro atoms. The first-order valence-electron chi connectivity index (χ1n) is 8.16. The number of carbonyl (C=O) groups excluding carboxylic acids is 1. The van der Waals surface area contributed by atoms with Gasteiger partial charge in [-0.1, -0.05) is 34.8 Å². The van der Waals surface area contributed by atoms with E-state index < -0.39 is 23.3 Å². The predicted molar refractivity (Wildman–Crippen MR) is 107 cm³/mol. The van der Waals surface area contributed by atoms with Crippen molar-refractivity contribution >= 4 is 46.4 Å². The van der Waals surface area contributed by atoms with E-state index in [2.05, 4.69) is 15.4 Å². The normalized spacial score (nSPS) is 11.5. The second-order valence-corrected chi connectivity index (χ2v) is 7.23. The molecule has 6 nitrogen and oxygen atoms in total. The van der Waals surface area contributed by atoms with Gasteiger partial charge in [0.05, 0.1) is 34.1 Å². The smallest absolute Gasteiger partial charge is 0.418 e. The number of hydrogen-bond donors (Lipinski definition) is 1. The highest BCUT2D eigenvalue weighted by atomic mass is 35.5. The number of aromatic nitrogens is 3. The number of ether oxygens (including phenoxy) is 1. The van der Waals surface area contributed by atoms with Gasteiger partial charge in [-0.2, -0.15) is 13.2 Å². The van der Waals surface area contributed by atoms with Gasteiger partial charge in [-0.25, -0.2) is 9.67 Å². The fraction of sp³-hybridized carbons (Fsp3) is 0.167. The summed E-state index contributed by atoms with van der Waals surface area (Å²) in [6.07, 6.45) is -4.72. The topological polar surface area (TPSA) is 69.0 Å². The maximum absolute atomic E-state index is 13.2. The van der Waals surface area contributed by atoms with Crippen LogP contribution in [0, 0.1) is 6.92 Å². The largest absolute Gasteiger partial charge is 0.495 e. The maximum atomic E-state index is 13.2. The van der Waals surface area contributed by atoms with Gasteiger partial charge in [-0.3, -0.25) is 4.79 Å². The molecule has 1 amide bonds. The minimum Gasteiger partial charge on any atom is -0.495 e. The lowest BCUT2D eigenvalue weighted by Gasteiger charge is -2.13. The lowest BCUT2D eigenvalue weighted by molar-refractivity contribution is -0.136. The van der Waals surface area contributed by atoms with Crippen molar-refractivity contribution in [2.24, 2.45) is 0 Å². The second kappa shape index (κ2) is 8.33. The molecule has 2 aromatic carbocycles. The number of aryl methyl sites for hydroxylation is 1. The van der Waals surface area contributed by atoms with Crippen molar-refractivity contribution in [2.75, 3.05) is 12.4 Å². The van der Waals surface area contributed by atoms with E-state index in [1.807, 2.05) is 0 Å². The molecular weight excluding hydrogens is 468 g/mol. The Morgan fingerprint density at radius 2 is 1.83 bits per heavy atom. The Labute approximate surface area is 183 Å². The number of nitrogens with one attached hydrogen (secondary N) is 1. The zero-order valence-electron chi connectivity index (χ0n) is 15.3. The van der Waals surface area contributed by atoms with Crippen molar-refractivity contribution in [3.05, 3.63) is 62.6 Å². The summed E-state index contributed by atoms with van der Waals surface area (Å²) >= 11 is 17.9. The Balaban J connectivity index is 1.96. The summed E-state index contributed by atoms with van der Waals surface area (Å²) in [7, 11) is 1.41. The lowest BCUT2D eigenvalue weighted by Crippen LogP contribution is -2.18. The van der Waals surface area contributed by atoms with E-state index in [-0.39, 0.29) is 26.7 Å². The third-order valence-electron chi connectivity index (χ3n) is 3.96. The summed E-state index contributed by atoms with van der Waals surface area (Å²) in [4.78, 5) is 16.5. The van der Waals surface area contributed by atoms with Crippen molar-refractivity contribution < 1.29 is 22.7 Å². The molecule has 1 N–H and O–H groups in total. The minimum absolute atomic E-state index is 0.120. The van der Waals surface area contributed by atoms with Crippen molar-refractivity contribution in [3.63, 3.8) is 0 Å². The van der Waals surface area contributed by atoms with Crippen molar-refractivity contribution in [1.82, 2.24) is 14.8 Å². The third-order valence-corrected chi connectivity index (χ3v) is 4.79. The molecule has 1 heterocycles. The standard InChI is InChI=1S/C18H12Cl3F3N4O2/c1-8-25-16(27-28(8)14-7-15(30-2)12(21)6-11(14)20)17(29)26-13-4-3-9(19)5-10(13)18(22,23)24/h3-7H,1-2H3,(H,26,29). The molecule has 0 aliphatic carbocycles. The van der Waals surface area contributed by atoms with Crippen LogP contribution in [-0.4, -0.2) is 27.8 Å². The Morgan fingerprint density at radius 3 is 2.47 bits per heavy atom. The number of nitrogens with zero attached hydrogens (tertiary/aromatic N) is 3. The summed E-state index contributed by atoms with van der Waals surface area (Å²) in [5, 5.41) is 6.57. The molecule has 1 aromatic heterocycles. The van der Waals surface area contributed by atoms with E-state index in [1.165, 1.54) is 30.0 Å². The van der Waals surface area contributed by atoms with Crippen LogP contribution in [0.4, 0.5) is 18.9 Å². The second-order valence-electron chi connectivity index (χ2n) is 5.97. The van der Waals surface area contributed by atoms with E-state index in [0.717, 1.165) is 6.07 Å². The SMILES string of the molecule is COc1cc(-n2nc(C(=O)Nc3ccc(Cl)cc3C(F)(F)F)nc2C)c(Cl)cc1Cl. The molecule has 0 fully saturated rings. The lowest BCUT2D eigenvalue weighted by atomic mass is 10.1. The molecule has 0 unspecified atom stereocenters. The summed E-state index contributed by atoms with van der Waals surface area (Å²) < 4.78 is 46.1. The summed E-state index contributed by atoms with van der Waals surface area (Å²) in [5.41, 5.74) is -1.24. The number of halogens is 6. The fourth-order valence-corrected chi connectivity index (χ4v) is 3.30. The highest BCUT2D eigenvalue weighted by Gasteiger charge is 2.34. The van der Waals surface area contributed by atoms with Gasteiger partial charge in [-0.05, 0) is 31.2 Å². The highest BCUT2D eigenvalue weighted by molar-refractivity contribution is 6.36. The molecule has 30 heavy (non-hydrogen) atoms. The van der Waals surface area contributed by atoms with Gasteiger partial charge in [0.25, 0.3) is 5.91 Å². The van der Waals surface area contributed by atoms with E-state index in [4.69, 9.17) is 39.5 Å². The van der Waals surface area contributed by atoms with Gasteiger partial charge < -0.3 is 10.1 Å². The first kappa shape index (κ1) is 22.2. The Kier molecular flexibility index (Phi) is 6.16. The molecule has 0 bridgehead atoms. The number of alkyl halides is 3. The molecule has 0 aliphatic rings. The van der Waals surface area contributed by atoms with Crippen LogP contribution in [0.3, 0.4) is 0 Å². The van der Waals surface area contributed by atoms with Crippen molar-refractivity contribution in [1.29, 1.82) is 0 Å². The number of rotatable bonds is 4. The monoisotopic (exact) mass is 478 g/mol. The van der Waals surface area contributed by atoms with E-state index in [9.17, 15) is 18.0 Å². The summed E-state index contributed by atoms with van der Waals surface area (Å²) in [5.74, 6) is -0.728. The number of carbonyl (C=O) groups is 1. The minimum atomic E-state index is -4.72. The average molecular weight is 480 g/mol. The molecule has 0 atom stereocenters. The van der Waals surface area contributed by atoms with Crippen LogP contribution in [0.25, 0.3) is 5.69 Å². The van der Waals surface area contributed by atoms with Crippen LogP contribution in [-0.2, 0) is 6.18 Å². The molecule has 12 heteroatoms. The van der Waals surface area contributed by atoms with Crippen LogP contribution in [0.2, 0.25) is 15.1 Å². The zero-order valence-corrected chi connectivity index (χ0v) is 17.6. The third kappa shape index (κ3) is 4.48. The number of hydrogen-bond acceptors (Lipinski definition) is 4. The molecule has 0 aliphatic heterocycles. The fourth-order valence-electron chi connectivity index (χ4n) is 2.59. The number of benzene rings is 2. The van der Waals surface area contributed by atoms with E-state index in [0.29, 0.717) is 17.5 Å². The molecular formula is C18H12Cl3F3N4O2. The Hall–Kier alpha value is -2.49. The van der Waals surface area contributed by atoms with Gasteiger partial charge >= 0.3 is 6.18 Å². The highest BCUT2D eigenvalue weighted by Crippen LogP contribution is 2.37. The molecule has 0 radical (unpaired) electrons. The van der Waals surface area contributed by atoms with Crippen molar-refractivity contribution in [3.8, 4) is 11.4 Å². The Morgan fingerprint density at radius 1 is 1.13 bits per heavy atom. The molecule has 0 saturated heterocycles. The van der Waals surface area contributed by atoms with Crippen LogP contribution < -0.4 is 10.1 Å². The first-order valence-corrected chi connectivity index (χ1v) is 9.30. The van der Waals surface area contributed by atoms with Crippen LogP contribution in [0.5, 0.6) is 5.75 Å². The van der Waals surface area contributed by atoms with Crippen LogP contribution >= 0.6 is 34.8 Å². The first-order chi connectivity index (χ1) is 14.0. The van der Waals surface area contributed by atoms with Crippen molar-refractivity contribution in [2.45, 2.75) is 13.1 Å². The van der Waals surface area contributed by atoms with Gasteiger partial charge in [-0.15, -0.1) is 5.10 Å². The molecule has 0 saturated carbocycles. The van der Waals surface area contributed by atoms with Crippen LogP contribution in [0.1, 0.15) is 22.0 Å². The summed E-state index contributed by atoms with van der Waals surface area (Å²) in [6, 6.07) is 5.92. The van der Waals surface area contributed by atoms with Gasteiger partial charge in [0.2, 0.25) is 5.82 Å². The number of amides is 1. The maximum Gasteiger partial charge on any atom is 0.418 e. The quantitative estimate of drug-likeness (QED) is 0.512. The Bertz CT molecular complexity index is 1130. The number of methoxy groups -OCH3 is 1. The van der Waals surface area contributed by atoms with Gasteiger partial charge in [0.15, 0.2) is 0 Å². The van der Waals surface area contributed by atoms with Crippen LogP contribution in [0.15, 0.2) is 30.3 Å². The van der Waals surface area contributed by atoms with Gasteiger partial charge in [0, 0.05) is 11.1 Å². The molecule has 3 rings (SSSR count). The van der Waals surface area contributed by atoms with E-state index in [1.54, 1.807) is 6.92 Å². The number of anilines is 1. The predicted octanol–water partition coefficient (Wildman–Crippen LogP) is 5.82. The van der Waals surface area contributed by atoms with Gasteiger partial charge in [0.1, 0.15) is 11.6 Å². The van der Waals surface area contributed by atoms with E-state index >= 15 is 0 Å². The molecule has 3 aromatic rings. The zero-order chi connectivity index (χ0) is 22.2. The average Bonchev–Trinajstić information content (AvgIpc) is 3.04. The summed E-state index contributed by atoms with van der Waals surface area (Å²) in [6.45, 7) is 1.55. The molecule has 158 valence electrons.